The number of amides is 10. The molecular weight excluding hydrogens is 1220 g/mol. The average molecular weight is 1350 g/mol. The van der Waals surface area contributed by atoms with E-state index in [0.717, 1.165) is 18.0 Å². The number of morpholine rings is 1. The van der Waals surface area contributed by atoms with Gasteiger partial charge in [-0.2, -0.15) is 0 Å². The molecule has 2 unspecified atom stereocenters. The number of carbonyl (C=O) groups is 10. The van der Waals surface area contributed by atoms with Gasteiger partial charge in [-0.05, 0) is 113 Å². The van der Waals surface area contributed by atoms with Crippen LogP contribution in [0.1, 0.15) is 156 Å². The lowest BCUT2D eigenvalue weighted by Crippen LogP contribution is -2.64. The summed E-state index contributed by atoms with van der Waals surface area (Å²) >= 11 is 1.20. The maximum absolute atomic E-state index is 15.3. The van der Waals surface area contributed by atoms with Crippen molar-refractivity contribution in [1.82, 2.24) is 55.1 Å². The molecule has 0 aromatic heterocycles. The van der Waals surface area contributed by atoms with Crippen molar-refractivity contribution in [2.24, 2.45) is 47.2 Å². The van der Waals surface area contributed by atoms with Gasteiger partial charge in [0, 0.05) is 68.5 Å². The van der Waals surface area contributed by atoms with Gasteiger partial charge in [0.05, 0.1) is 32.0 Å². The minimum absolute atomic E-state index is 0.000754. The Hall–Kier alpha value is -5.41. The normalized spacial score (nSPS) is 17.2. The number of hydrogen-bond donors (Lipinski definition) is 6. The van der Waals surface area contributed by atoms with Crippen molar-refractivity contribution < 1.29 is 62.9 Å². The van der Waals surface area contributed by atoms with Gasteiger partial charge in [-0.3, -0.25) is 52.8 Å². The first kappa shape index (κ1) is 86.6. The number of carbonyl (C=O) groups excluding carboxylic acids is 10. The summed E-state index contributed by atoms with van der Waals surface area (Å²) in [6.45, 7) is 33.4. The highest BCUT2D eigenvalue weighted by molar-refractivity contribution is 8.00. The van der Waals surface area contributed by atoms with Gasteiger partial charge in [0.15, 0.2) is 5.37 Å². The summed E-state index contributed by atoms with van der Waals surface area (Å²) in [7, 11) is 10.3. The molecule has 0 spiro atoms. The molecule has 0 aromatic carbocycles. The van der Waals surface area contributed by atoms with Crippen molar-refractivity contribution in [3.8, 4) is 0 Å². The van der Waals surface area contributed by atoms with Gasteiger partial charge < -0.3 is 70.9 Å². The zero-order valence-corrected chi connectivity index (χ0v) is 62.6. The minimum atomic E-state index is -1.63. The lowest BCUT2D eigenvalue weighted by molar-refractivity contribution is -0.157. The van der Waals surface area contributed by atoms with E-state index in [4.69, 9.17) is 10.5 Å². The van der Waals surface area contributed by atoms with Crippen LogP contribution in [-0.4, -0.2) is 275 Å². The molecule has 26 heteroatoms. The van der Waals surface area contributed by atoms with Crippen LogP contribution in [0.5, 0.6) is 0 Å². The molecule has 0 aliphatic carbocycles. The summed E-state index contributed by atoms with van der Waals surface area (Å²) in [5, 5.41) is 29.2. The van der Waals surface area contributed by atoms with Gasteiger partial charge >= 0.3 is 0 Å². The first-order valence-corrected chi connectivity index (χ1v) is 35.1. The summed E-state index contributed by atoms with van der Waals surface area (Å²) < 4.78 is 5.55. The lowest BCUT2D eigenvalue weighted by Gasteiger charge is -2.41. The van der Waals surface area contributed by atoms with E-state index < -0.39 is 155 Å². The molecule has 94 heavy (non-hydrogen) atoms. The Morgan fingerprint density at radius 1 is 0.543 bits per heavy atom. The van der Waals surface area contributed by atoms with Crippen LogP contribution in [0.15, 0.2) is 12.2 Å². The average Bonchev–Trinajstić information content (AvgIpc) is 0.810. The largest absolute Gasteiger partial charge is 0.394 e. The van der Waals surface area contributed by atoms with Gasteiger partial charge in [0.1, 0.15) is 48.3 Å². The van der Waals surface area contributed by atoms with Gasteiger partial charge in [-0.25, -0.2) is 0 Å². The van der Waals surface area contributed by atoms with Crippen LogP contribution in [0.25, 0.3) is 0 Å². The number of nitrogens with one attached hydrogen (secondary N) is 3. The Balaban J connectivity index is 3.96. The second kappa shape index (κ2) is 41.6. The zero-order chi connectivity index (χ0) is 72.5. The molecule has 0 bridgehead atoms. The Morgan fingerprint density at radius 2 is 1.00 bits per heavy atom. The van der Waals surface area contributed by atoms with Crippen LogP contribution >= 0.6 is 11.8 Å². The first-order valence-electron chi connectivity index (χ1n) is 34.0. The van der Waals surface area contributed by atoms with E-state index in [1.807, 2.05) is 54.5 Å². The van der Waals surface area contributed by atoms with Gasteiger partial charge in [-0.15, -0.1) is 11.8 Å². The van der Waals surface area contributed by atoms with Crippen molar-refractivity contribution in [2.45, 2.75) is 228 Å². The third-order valence-electron chi connectivity index (χ3n) is 17.6. The Labute approximate surface area is 568 Å². The van der Waals surface area contributed by atoms with Crippen LogP contribution in [0.4, 0.5) is 0 Å². The molecule has 0 radical (unpaired) electrons. The molecule has 25 nitrogen and oxygen atoms in total. The summed E-state index contributed by atoms with van der Waals surface area (Å²) in [4.78, 5) is 158. The number of rotatable bonds is 40. The predicted octanol–water partition coefficient (Wildman–Crippen LogP) is 3.48. The molecule has 1 fully saturated rings. The molecule has 13 atom stereocenters. The highest BCUT2D eigenvalue weighted by Gasteiger charge is 2.46. The van der Waals surface area contributed by atoms with Crippen molar-refractivity contribution in [1.29, 1.82) is 0 Å². The number of aliphatic hydroxyl groups excluding tert-OH is 2. The highest BCUT2D eigenvalue weighted by Crippen LogP contribution is 2.27. The molecule has 1 heterocycles. The summed E-state index contributed by atoms with van der Waals surface area (Å²) in [5.74, 6) is -7.90. The number of aliphatic hydroxyl groups is 2. The molecule has 542 valence electrons. The van der Waals surface area contributed by atoms with Crippen molar-refractivity contribution in [3.05, 3.63) is 12.2 Å². The fourth-order valence-electron chi connectivity index (χ4n) is 11.8. The Morgan fingerprint density at radius 3 is 1.46 bits per heavy atom. The van der Waals surface area contributed by atoms with E-state index >= 15 is 24.0 Å². The molecule has 0 saturated carbocycles. The van der Waals surface area contributed by atoms with Crippen molar-refractivity contribution >= 4 is 70.8 Å². The molecule has 1 aliphatic rings. The van der Waals surface area contributed by atoms with E-state index in [1.54, 1.807) is 68.4 Å². The van der Waals surface area contributed by atoms with E-state index in [1.165, 1.54) is 97.4 Å². The third kappa shape index (κ3) is 25.5. The fourth-order valence-corrected chi connectivity index (χ4v) is 13.0. The first-order chi connectivity index (χ1) is 43.7. The summed E-state index contributed by atoms with van der Waals surface area (Å²) in [6.07, 6.45) is 3.81. The number of ether oxygens (including phenoxy) is 1. The van der Waals surface area contributed by atoms with Crippen molar-refractivity contribution in [2.75, 3.05) is 94.5 Å². The SMILES string of the molecule is C/C=C/C[C@@H](C)[C@@H](O)[C@@H](C(=O)N[C@@H](CC)C(=O)N(C)[C@H](SCCCN1CCOCC1)C(=O)N(C)C(C(=O)NC(C(=O)N(C)[C@@H](CC(C)C)C(=O)N[C@H](C)CO)C(C)C)C(C)C)N(C)C(=O)[C@H](C(C)C)N(C)C(=O)[C@H](CC(C)C)N(C)C(=O)[C@H](CC(C)C)N(C)C(=O)[C@@H](C)N. The van der Waals surface area contributed by atoms with Crippen LogP contribution < -0.4 is 21.7 Å². The molecular formula is C68H126N12O13S. The van der Waals surface area contributed by atoms with Crippen LogP contribution in [-0.2, 0) is 52.7 Å². The van der Waals surface area contributed by atoms with E-state index in [0.29, 0.717) is 51.2 Å². The number of likely N-dealkylation sites (N-methyl/N-ethyl adjacent to an activating group) is 7. The zero-order valence-electron chi connectivity index (χ0n) is 61.8. The molecule has 0 aromatic rings. The topological polar surface area (TPSA) is 308 Å². The quantitative estimate of drug-likeness (QED) is 0.0291. The Kier molecular flexibility index (Phi) is 38.4. The molecule has 7 N–H and O–H groups in total. The molecule has 1 rings (SSSR count). The molecule has 1 saturated heterocycles. The van der Waals surface area contributed by atoms with Crippen LogP contribution in [0.2, 0.25) is 0 Å². The predicted molar refractivity (Wildman–Crippen MR) is 370 cm³/mol. The smallest absolute Gasteiger partial charge is 0.256 e. The monoisotopic (exact) mass is 1350 g/mol. The van der Waals surface area contributed by atoms with Crippen LogP contribution in [0.3, 0.4) is 0 Å². The number of nitrogens with zero attached hydrogens (tertiary/aromatic N) is 8. The lowest BCUT2D eigenvalue weighted by atomic mass is 9.91. The van der Waals surface area contributed by atoms with Crippen LogP contribution in [0, 0.1) is 41.4 Å². The second-order valence-electron chi connectivity index (χ2n) is 28.3. The third-order valence-corrected chi connectivity index (χ3v) is 19.0. The maximum Gasteiger partial charge on any atom is 0.256 e. The minimum Gasteiger partial charge on any atom is -0.394 e. The standard InChI is InChI=1S/C68H126N12O13S/c1-25-27-29-46(15)57(82)56(78(23)66(91)55(45(13)14)77(22)64(89)52(38-42(7)8)75(20)63(88)51(37-41(5)6)74(19)61(86)48(17)69)60(85)71-49(26-2)62(87)79(24)68(94-35-28-30-80-31-33-93-34-32-80)67(92)76(21)54(44(11)12)59(84)72-53(43(9)10)65(90)73(18)50(36-40(3)4)58(83)70-47(16)39-81/h25,27,40-57,68,81-82H,26,28-39,69H2,1-24H3,(H,70,83)(H,71,85)(H,72,84)/b27-25+/t46-,47-,48-,49+,50+,51+,52+,53?,54?,55+,56+,57-,68-/m1/s1. The number of thioether (sulfide) groups is 1. The number of nitrogens with two attached hydrogens (primary N) is 1. The van der Waals surface area contributed by atoms with Crippen molar-refractivity contribution in [3.63, 3.8) is 0 Å². The van der Waals surface area contributed by atoms with E-state index in [9.17, 15) is 34.2 Å². The van der Waals surface area contributed by atoms with Gasteiger partial charge in [0.25, 0.3) is 5.91 Å². The number of allylic oxidation sites excluding steroid dienone is 2. The highest BCUT2D eigenvalue weighted by atomic mass is 32.2. The second-order valence-corrected chi connectivity index (χ2v) is 29.5. The van der Waals surface area contributed by atoms with E-state index in [-0.39, 0.29) is 37.2 Å². The van der Waals surface area contributed by atoms with E-state index in [2.05, 4.69) is 20.9 Å². The van der Waals surface area contributed by atoms with Gasteiger partial charge in [-0.1, -0.05) is 109 Å². The summed E-state index contributed by atoms with van der Waals surface area (Å²) in [6, 6.07) is -10.9. The summed E-state index contributed by atoms with van der Waals surface area (Å²) in [5.41, 5.74) is 5.99. The maximum atomic E-state index is 15.3. The number of hydrogen-bond acceptors (Lipinski definition) is 16. The Bertz CT molecular complexity index is 2460. The fraction of sp³-hybridized carbons (Fsp3) is 0.824. The molecule has 10 amide bonds. The molecule has 1 aliphatic heterocycles. The van der Waals surface area contributed by atoms with Gasteiger partial charge in [0.2, 0.25) is 53.2 Å².